The van der Waals surface area contributed by atoms with E-state index in [1.165, 1.54) is 18.1 Å². The lowest BCUT2D eigenvalue weighted by Crippen LogP contribution is -2.32. The number of carbonyl (C=O) groups excluding carboxylic acids is 1. The molecule has 0 saturated carbocycles. The number of pyridine rings is 2. The van der Waals surface area contributed by atoms with E-state index < -0.39 is 5.97 Å². The normalized spacial score (nSPS) is 14.3. The fraction of sp³-hybridized carbons (Fsp3) is 0.138. The average molecular weight is 444 g/mol. The number of ether oxygens (including phenoxy) is 1. The van der Waals surface area contributed by atoms with Crippen molar-refractivity contribution in [3.63, 3.8) is 0 Å². The SMILES string of the molecule is COC(=O)c1cc2c3ccccc3n3cc4c(c(n1)c23)=Nc1cc2ccccc2cc1C4(C)C. The van der Waals surface area contributed by atoms with Crippen LogP contribution in [-0.2, 0) is 10.2 Å². The first-order valence-corrected chi connectivity index (χ1v) is 11.3. The zero-order valence-corrected chi connectivity index (χ0v) is 19.1. The van der Waals surface area contributed by atoms with Gasteiger partial charge in [0.15, 0.2) is 0 Å². The number of aromatic nitrogens is 2. The van der Waals surface area contributed by atoms with Crippen LogP contribution in [0.15, 0.2) is 77.9 Å². The van der Waals surface area contributed by atoms with Gasteiger partial charge >= 0.3 is 5.97 Å². The minimum absolute atomic E-state index is 0.291. The number of benzene rings is 3. The lowest BCUT2D eigenvalue weighted by molar-refractivity contribution is 0.0594. The van der Waals surface area contributed by atoms with Crippen LogP contribution in [0.5, 0.6) is 0 Å². The van der Waals surface area contributed by atoms with Gasteiger partial charge in [-0.15, -0.1) is 0 Å². The number of fused-ring (bicyclic) bond motifs is 7. The molecule has 3 aromatic carbocycles. The maximum Gasteiger partial charge on any atom is 0.356 e. The van der Waals surface area contributed by atoms with E-state index in [2.05, 4.69) is 66.9 Å². The molecule has 0 fully saturated rings. The highest BCUT2D eigenvalue weighted by molar-refractivity contribution is 6.14. The summed E-state index contributed by atoms with van der Waals surface area (Å²) in [5.74, 6) is -0.451. The summed E-state index contributed by atoms with van der Waals surface area (Å²) >= 11 is 0. The summed E-state index contributed by atoms with van der Waals surface area (Å²) in [5, 5.41) is 5.22. The van der Waals surface area contributed by atoms with Crippen LogP contribution in [0, 0.1) is 0 Å². The minimum Gasteiger partial charge on any atom is -0.464 e. The molecule has 5 heteroatoms. The maximum atomic E-state index is 12.6. The number of hydrogen-bond donors (Lipinski definition) is 0. The standard InChI is InChI=1S/C29H21N3O2/c1-29(2)20-12-16-8-4-5-9-17(16)13-22(20)30-25-21(29)15-32-24-11-7-6-10-18(24)19-14-23(28(33)34-3)31-26(25)27(19)32/h4-15H,1-3H3. The molecule has 0 saturated heterocycles. The zero-order chi connectivity index (χ0) is 23.2. The molecule has 0 aliphatic carbocycles. The number of hydrogen-bond acceptors (Lipinski definition) is 4. The van der Waals surface area contributed by atoms with Gasteiger partial charge < -0.3 is 9.14 Å². The number of esters is 1. The van der Waals surface area contributed by atoms with E-state index in [0.29, 0.717) is 5.69 Å². The van der Waals surface area contributed by atoms with Crippen LogP contribution in [0.4, 0.5) is 5.69 Å². The van der Waals surface area contributed by atoms with Crippen molar-refractivity contribution in [3.8, 4) is 0 Å². The second-order valence-electron chi connectivity index (χ2n) is 9.48. The Morgan fingerprint density at radius 1 is 0.912 bits per heavy atom. The molecule has 0 radical (unpaired) electrons. The third kappa shape index (κ3) is 2.36. The summed E-state index contributed by atoms with van der Waals surface area (Å²) < 4.78 is 7.24. The molecule has 5 nitrogen and oxygen atoms in total. The number of nitrogens with zero attached hydrogens (tertiary/aromatic N) is 3. The molecule has 0 bridgehead atoms. The van der Waals surface area contributed by atoms with Gasteiger partial charge in [-0.2, -0.15) is 0 Å². The van der Waals surface area contributed by atoms with Crippen LogP contribution in [0.25, 0.3) is 38.1 Å². The van der Waals surface area contributed by atoms with Gasteiger partial charge in [-0.1, -0.05) is 56.3 Å². The number of methoxy groups -OCH3 is 1. The van der Waals surface area contributed by atoms with Crippen molar-refractivity contribution < 1.29 is 9.53 Å². The van der Waals surface area contributed by atoms with Crippen LogP contribution in [0.1, 0.15) is 35.5 Å². The summed E-state index contributed by atoms with van der Waals surface area (Å²) in [4.78, 5) is 22.5. The van der Waals surface area contributed by atoms with E-state index in [4.69, 9.17) is 14.7 Å². The third-order valence-corrected chi connectivity index (χ3v) is 7.26. The average Bonchev–Trinajstić information content (AvgIpc) is 3.18. The van der Waals surface area contributed by atoms with Crippen molar-refractivity contribution in [2.24, 2.45) is 4.99 Å². The van der Waals surface area contributed by atoms with E-state index in [1.54, 1.807) is 0 Å². The van der Waals surface area contributed by atoms with Crippen molar-refractivity contribution in [1.82, 2.24) is 9.38 Å². The fourth-order valence-corrected chi connectivity index (χ4v) is 5.50. The van der Waals surface area contributed by atoms with E-state index in [0.717, 1.165) is 49.3 Å². The summed E-state index contributed by atoms with van der Waals surface area (Å²) in [6, 6.07) is 22.8. The summed E-state index contributed by atoms with van der Waals surface area (Å²) in [6.07, 6.45) is 2.20. The number of carbonyl (C=O) groups is 1. The molecule has 6 aromatic rings. The molecule has 34 heavy (non-hydrogen) atoms. The van der Waals surface area contributed by atoms with Crippen LogP contribution in [0.2, 0.25) is 0 Å². The molecule has 0 unspecified atom stereocenters. The number of para-hydroxylation sites is 1. The third-order valence-electron chi connectivity index (χ3n) is 7.26. The van der Waals surface area contributed by atoms with Crippen molar-refractivity contribution in [2.45, 2.75) is 19.3 Å². The monoisotopic (exact) mass is 443 g/mol. The molecule has 0 N–H and O–H groups in total. The molecule has 7 rings (SSSR count). The van der Waals surface area contributed by atoms with Gasteiger partial charge in [0.25, 0.3) is 0 Å². The van der Waals surface area contributed by atoms with E-state index in [-0.39, 0.29) is 5.41 Å². The zero-order valence-electron chi connectivity index (χ0n) is 19.1. The predicted molar refractivity (Wildman–Crippen MR) is 134 cm³/mol. The fourth-order valence-electron chi connectivity index (χ4n) is 5.50. The van der Waals surface area contributed by atoms with Gasteiger partial charge in [0.2, 0.25) is 0 Å². The van der Waals surface area contributed by atoms with E-state index in [9.17, 15) is 4.79 Å². The predicted octanol–water partition coefficient (Wildman–Crippen LogP) is 5.89. The molecule has 0 atom stereocenters. The highest BCUT2D eigenvalue weighted by Gasteiger charge is 2.33. The molecule has 1 aliphatic heterocycles. The quantitative estimate of drug-likeness (QED) is 0.298. The second kappa shape index (κ2) is 6.41. The highest BCUT2D eigenvalue weighted by Crippen LogP contribution is 2.42. The lowest BCUT2D eigenvalue weighted by Gasteiger charge is -2.31. The van der Waals surface area contributed by atoms with E-state index >= 15 is 0 Å². The Morgan fingerprint density at radius 3 is 2.44 bits per heavy atom. The molecule has 3 aromatic heterocycles. The summed E-state index contributed by atoms with van der Waals surface area (Å²) in [7, 11) is 1.39. The number of rotatable bonds is 1. The van der Waals surface area contributed by atoms with Gasteiger partial charge in [0.1, 0.15) is 11.2 Å². The lowest BCUT2D eigenvalue weighted by atomic mass is 9.75. The second-order valence-corrected chi connectivity index (χ2v) is 9.48. The molecule has 164 valence electrons. The van der Waals surface area contributed by atoms with Gasteiger partial charge in [-0.3, -0.25) is 0 Å². The molecule has 4 heterocycles. The first kappa shape index (κ1) is 19.2. The minimum atomic E-state index is -0.451. The topological polar surface area (TPSA) is 56.0 Å². The molecule has 1 aliphatic rings. The smallest absolute Gasteiger partial charge is 0.356 e. The van der Waals surface area contributed by atoms with Crippen molar-refractivity contribution in [2.75, 3.05) is 7.11 Å². The Kier molecular flexibility index (Phi) is 3.63. The van der Waals surface area contributed by atoms with Gasteiger partial charge in [-0.25, -0.2) is 14.8 Å². The summed E-state index contributed by atoms with van der Waals surface area (Å²) in [6.45, 7) is 4.47. The van der Waals surface area contributed by atoms with Crippen LogP contribution < -0.4 is 5.36 Å². The Hall–Kier alpha value is -4.25. The van der Waals surface area contributed by atoms with Crippen LogP contribution in [-0.4, -0.2) is 22.5 Å². The van der Waals surface area contributed by atoms with Crippen molar-refractivity contribution in [3.05, 3.63) is 95.1 Å². The first-order chi connectivity index (χ1) is 16.5. The Balaban J connectivity index is 1.72. The van der Waals surface area contributed by atoms with Gasteiger partial charge in [0, 0.05) is 27.9 Å². The van der Waals surface area contributed by atoms with Crippen molar-refractivity contribution >= 4 is 49.8 Å². The van der Waals surface area contributed by atoms with Crippen LogP contribution >= 0.6 is 0 Å². The van der Waals surface area contributed by atoms with E-state index in [1.807, 2.05) is 24.3 Å². The maximum absolute atomic E-state index is 12.6. The Morgan fingerprint density at radius 2 is 1.65 bits per heavy atom. The molecule has 0 spiro atoms. The van der Waals surface area contributed by atoms with Crippen LogP contribution in [0.3, 0.4) is 0 Å². The van der Waals surface area contributed by atoms with Crippen molar-refractivity contribution in [1.29, 1.82) is 0 Å². The highest BCUT2D eigenvalue weighted by atomic mass is 16.5. The Labute approximate surface area is 195 Å². The van der Waals surface area contributed by atoms with Gasteiger partial charge in [0.05, 0.1) is 29.2 Å². The molecular formula is C29H21N3O2. The Bertz CT molecular complexity index is 1900. The summed E-state index contributed by atoms with van der Waals surface area (Å²) in [5.41, 5.74) is 5.96. The molecule has 0 amide bonds. The molecular weight excluding hydrogens is 422 g/mol. The first-order valence-electron chi connectivity index (χ1n) is 11.3. The van der Waals surface area contributed by atoms with Gasteiger partial charge in [-0.05, 0) is 40.6 Å². The largest absolute Gasteiger partial charge is 0.464 e.